The predicted octanol–water partition coefficient (Wildman–Crippen LogP) is 1.52. The SMILES string of the molecule is CCCn1ncnc1CN1CCCC(O)(Cc2nc(C3CC3)no2)C1. The van der Waals surface area contributed by atoms with Crippen molar-refractivity contribution >= 4 is 0 Å². The van der Waals surface area contributed by atoms with Gasteiger partial charge in [0.1, 0.15) is 12.2 Å². The number of piperidine rings is 1. The monoisotopic (exact) mass is 346 g/mol. The number of aromatic nitrogens is 5. The maximum atomic E-state index is 11.0. The first-order chi connectivity index (χ1) is 12.1. The summed E-state index contributed by atoms with van der Waals surface area (Å²) >= 11 is 0. The number of β-amino-alcohol motifs (C(OH)–C–C–N with tert-alkyl or cyclic N) is 1. The molecule has 1 saturated carbocycles. The van der Waals surface area contributed by atoms with Crippen LogP contribution in [0.3, 0.4) is 0 Å². The van der Waals surface area contributed by atoms with E-state index in [1.54, 1.807) is 6.33 Å². The first-order valence-corrected chi connectivity index (χ1v) is 9.29. The molecule has 2 fully saturated rings. The Morgan fingerprint density at radius 3 is 3.08 bits per heavy atom. The Morgan fingerprint density at radius 1 is 1.40 bits per heavy atom. The second kappa shape index (κ2) is 6.84. The molecule has 8 heteroatoms. The number of aryl methyl sites for hydroxylation is 1. The summed E-state index contributed by atoms with van der Waals surface area (Å²) in [5.41, 5.74) is -0.818. The Bertz CT molecular complexity index is 710. The second-order valence-electron chi connectivity index (χ2n) is 7.44. The number of aliphatic hydroxyl groups is 1. The molecule has 0 radical (unpaired) electrons. The summed E-state index contributed by atoms with van der Waals surface area (Å²) in [4.78, 5) is 11.1. The molecular formula is C17H26N6O2. The molecule has 1 aliphatic carbocycles. The number of hydrogen-bond acceptors (Lipinski definition) is 7. The van der Waals surface area contributed by atoms with Gasteiger partial charge in [0.05, 0.1) is 18.6 Å². The fraction of sp³-hybridized carbons (Fsp3) is 0.765. The lowest BCUT2D eigenvalue weighted by molar-refractivity contribution is -0.0382. The number of hydrogen-bond donors (Lipinski definition) is 1. The van der Waals surface area contributed by atoms with Gasteiger partial charge in [-0.2, -0.15) is 10.1 Å². The largest absolute Gasteiger partial charge is 0.388 e. The fourth-order valence-electron chi connectivity index (χ4n) is 3.62. The van der Waals surface area contributed by atoms with Crippen LogP contribution >= 0.6 is 0 Å². The molecule has 25 heavy (non-hydrogen) atoms. The molecule has 2 aromatic rings. The highest BCUT2D eigenvalue weighted by Gasteiger charge is 2.36. The lowest BCUT2D eigenvalue weighted by atomic mass is 9.89. The summed E-state index contributed by atoms with van der Waals surface area (Å²) in [5, 5.41) is 19.4. The van der Waals surface area contributed by atoms with Crippen LogP contribution < -0.4 is 0 Å². The highest BCUT2D eigenvalue weighted by atomic mass is 16.5. The van der Waals surface area contributed by atoms with Gasteiger partial charge in [-0.1, -0.05) is 12.1 Å². The summed E-state index contributed by atoms with van der Waals surface area (Å²) in [6.07, 6.45) is 7.06. The van der Waals surface area contributed by atoms with Crippen LogP contribution in [-0.4, -0.2) is 53.6 Å². The van der Waals surface area contributed by atoms with Crippen molar-refractivity contribution in [1.29, 1.82) is 0 Å². The molecule has 1 aliphatic heterocycles. The standard InChI is InChI=1S/C17H26N6O2/c1-2-7-23-14(18-12-19-23)10-22-8-3-6-17(24,11-22)9-15-20-16(21-25-15)13-4-5-13/h12-13,24H,2-11H2,1H3. The molecule has 3 heterocycles. The Hall–Kier alpha value is -1.80. The predicted molar refractivity (Wildman–Crippen MR) is 89.8 cm³/mol. The van der Waals surface area contributed by atoms with E-state index >= 15 is 0 Å². The average molecular weight is 346 g/mol. The smallest absolute Gasteiger partial charge is 0.229 e. The zero-order chi connectivity index (χ0) is 17.3. The van der Waals surface area contributed by atoms with E-state index in [1.807, 2.05) is 4.68 Å². The van der Waals surface area contributed by atoms with Crippen molar-refractivity contribution in [1.82, 2.24) is 29.8 Å². The summed E-state index contributed by atoms with van der Waals surface area (Å²) < 4.78 is 7.31. The Morgan fingerprint density at radius 2 is 2.28 bits per heavy atom. The van der Waals surface area contributed by atoms with Crippen LogP contribution in [-0.2, 0) is 19.5 Å². The van der Waals surface area contributed by atoms with Crippen molar-refractivity contribution in [3.8, 4) is 0 Å². The average Bonchev–Trinajstić information content (AvgIpc) is 3.19. The minimum atomic E-state index is -0.818. The maximum Gasteiger partial charge on any atom is 0.229 e. The third-order valence-electron chi connectivity index (χ3n) is 5.04. The van der Waals surface area contributed by atoms with Gasteiger partial charge >= 0.3 is 0 Å². The topological polar surface area (TPSA) is 93.1 Å². The summed E-state index contributed by atoms with van der Waals surface area (Å²) in [5.74, 6) is 2.79. The molecule has 1 unspecified atom stereocenters. The van der Waals surface area contributed by atoms with Gasteiger partial charge in [-0.25, -0.2) is 9.67 Å². The van der Waals surface area contributed by atoms with Crippen LogP contribution in [0.4, 0.5) is 0 Å². The normalized spacial score (nSPS) is 24.7. The minimum absolute atomic E-state index is 0.421. The Balaban J connectivity index is 1.39. The summed E-state index contributed by atoms with van der Waals surface area (Å²) in [6, 6.07) is 0. The Labute approximate surface area is 147 Å². The van der Waals surface area contributed by atoms with Crippen LogP contribution in [0.2, 0.25) is 0 Å². The van der Waals surface area contributed by atoms with E-state index in [1.165, 1.54) is 0 Å². The molecule has 1 saturated heterocycles. The van der Waals surface area contributed by atoms with E-state index < -0.39 is 5.60 Å². The van der Waals surface area contributed by atoms with Crippen LogP contribution in [0.15, 0.2) is 10.9 Å². The lowest BCUT2D eigenvalue weighted by Gasteiger charge is -2.38. The van der Waals surface area contributed by atoms with E-state index in [-0.39, 0.29) is 0 Å². The van der Waals surface area contributed by atoms with Crippen LogP contribution in [0.1, 0.15) is 62.5 Å². The van der Waals surface area contributed by atoms with E-state index in [0.29, 0.717) is 31.3 Å². The van der Waals surface area contributed by atoms with Gasteiger partial charge in [0.15, 0.2) is 5.82 Å². The zero-order valence-electron chi connectivity index (χ0n) is 14.8. The molecule has 136 valence electrons. The molecule has 0 aromatic carbocycles. The van der Waals surface area contributed by atoms with Crippen molar-refractivity contribution < 1.29 is 9.63 Å². The maximum absolute atomic E-state index is 11.0. The highest BCUT2D eigenvalue weighted by Crippen LogP contribution is 2.38. The number of rotatable bonds is 7. The lowest BCUT2D eigenvalue weighted by Crippen LogP contribution is -2.49. The van der Waals surface area contributed by atoms with Gasteiger partial charge < -0.3 is 9.63 Å². The molecule has 2 aliphatic rings. The molecule has 0 bridgehead atoms. The first-order valence-electron chi connectivity index (χ1n) is 9.29. The number of nitrogens with zero attached hydrogens (tertiary/aromatic N) is 6. The summed E-state index contributed by atoms with van der Waals surface area (Å²) in [6.45, 7) is 5.26. The Kier molecular flexibility index (Phi) is 4.56. The molecule has 8 nitrogen and oxygen atoms in total. The molecule has 1 atom stereocenters. The van der Waals surface area contributed by atoms with Crippen molar-refractivity contribution in [2.75, 3.05) is 13.1 Å². The molecule has 4 rings (SSSR count). The van der Waals surface area contributed by atoms with Crippen molar-refractivity contribution in [3.63, 3.8) is 0 Å². The van der Waals surface area contributed by atoms with Crippen LogP contribution in [0.5, 0.6) is 0 Å². The van der Waals surface area contributed by atoms with Crippen LogP contribution in [0.25, 0.3) is 0 Å². The van der Waals surface area contributed by atoms with E-state index in [2.05, 4.69) is 32.0 Å². The van der Waals surface area contributed by atoms with Gasteiger partial charge in [0, 0.05) is 19.0 Å². The molecule has 0 spiro atoms. The first kappa shape index (κ1) is 16.7. The van der Waals surface area contributed by atoms with Gasteiger partial charge in [0.25, 0.3) is 0 Å². The highest BCUT2D eigenvalue weighted by molar-refractivity contribution is 5.05. The van der Waals surface area contributed by atoms with E-state index in [0.717, 1.165) is 56.8 Å². The summed E-state index contributed by atoms with van der Waals surface area (Å²) in [7, 11) is 0. The van der Waals surface area contributed by atoms with Crippen LogP contribution in [0, 0.1) is 0 Å². The number of likely N-dealkylation sites (tertiary alicyclic amines) is 1. The molecule has 0 amide bonds. The minimum Gasteiger partial charge on any atom is -0.388 e. The van der Waals surface area contributed by atoms with Gasteiger partial charge in [0.2, 0.25) is 5.89 Å². The third kappa shape index (κ3) is 3.90. The molecule has 2 aromatic heterocycles. The van der Waals surface area contributed by atoms with Crippen molar-refractivity contribution in [3.05, 3.63) is 23.9 Å². The quantitative estimate of drug-likeness (QED) is 0.812. The van der Waals surface area contributed by atoms with Gasteiger partial charge in [-0.3, -0.25) is 4.90 Å². The third-order valence-corrected chi connectivity index (χ3v) is 5.04. The molecule has 1 N–H and O–H groups in total. The van der Waals surface area contributed by atoms with Crippen molar-refractivity contribution in [2.24, 2.45) is 0 Å². The van der Waals surface area contributed by atoms with Crippen molar-refractivity contribution in [2.45, 2.75) is 70.1 Å². The second-order valence-corrected chi connectivity index (χ2v) is 7.44. The van der Waals surface area contributed by atoms with Gasteiger partial charge in [-0.15, -0.1) is 0 Å². The van der Waals surface area contributed by atoms with E-state index in [9.17, 15) is 5.11 Å². The molecular weight excluding hydrogens is 320 g/mol. The van der Waals surface area contributed by atoms with Gasteiger partial charge in [-0.05, 0) is 38.6 Å². The zero-order valence-corrected chi connectivity index (χ0v) is 14.8. The van der Waals surface area contributed by atoms with E-state index in [4.69, 9.17) is 4.52 Å². The fourth-order valence-corrected chi connectivity index (χ4v) is 3.62.